The van der Waals surface area contributed by atoms with E-state index in [2.05, 4.69) is 41.8 Å². The van der Waals surface area contributed by atoms with Crippen LogP contribution in [-0.4, -0.2) is 4.40 Å². The molecule has 0 N–H and O–H groups in total. The summed E-state index contributed by atoms with van der Waals surface area (Å²) in [6.45, 7) is 6.10. The van der Waals surface area contributed by atoms with E-state index in [1.165, 1.54) is 11.2 Å². The summed E-state index contributed by atoms with van der Waals surface area (Å²) < 4.78 is 2.17. The summed E-state index contributed by atoms with van der Waals surface area (Å²) in [6.07, 6.45) is 2.07. The fourth-order valence-corrected chi connectivity index (χ4v) is 1.20. The van der Waals surface area contributed by atoms with Crippen molar-refractivity contribution in [2.45, 2.75) is 20.8 Å². The topological polar surface area (TPSA) is 4.41 Å². The molecule has 2 aromatic rings. The molecule has 0 atom stereocenters. The second-order valence-electron chi connectivity index (χ2n) is 2.47. The van der Waals surface area contributed by atoms with Crippen molar-refractivity contribution in [2.75, 3.05) is 0 Å². The number of pyridine rings is 1. The Bertz CT molecular complexity index is 347. The highest BCUT2D eigenvalue weighted by molar-refractivity contribution is 5.48. The molecule has 0 amide bonds. The average molecular weight is 161 g/mol. The zero-order chi connectivity index (χ0) is 8.97. The number of aryl methyl sites for hydroxylation is 1. The Kier molecular flexibility index (Phi) is 2.92. The van der Waals surface area contributed by atoms with Crippen molar-refractivity contribution in [1.82, 2.24) is 4.40 Å². The number of rotatable bonds is 0. The zero-order valence-corrected chi connectivity index (χ0v) is 7.91. The van der Waals surface area contributed by atoms with Gasteiger partial charge in [0.1, 0.15) is 0 Å². The third-order valence-electron chi connectivity index (χ3n) is 1.77. The Morgan fingerprint density at radius 1 is 1.00 bits per heavy atom. The van der Waals surface area contributed by atoms with Crippen LogP contribution in [0, 0.1) is 6.92 Å². The van der Waals surface area contributed by atoms with Crippen molar-refractivity contribution in [2.24, 2.45) is 0 Å². The monoisotopic (exact) mass is 161 g/mol. The number of hydrogen-bond acceptors (Lipinski definition) is 0. The average Bonchev–Trinajstić information content (AvgIpc) is 2.53. The molecule has 0 aromatic carbocycles. The molecule has 0 bridgehead atoms. The highest BCUT2D eigenvalue weighted by Gasteiger charge is 1.91. The van der Waals surface area contributed by atoms with Crippen molar-refractivity contribution < 1.29 is 0 Å². The Hall–Kier alpha value is -1.24. The van der Waals surface area contributed by atoms with E-state index in [0.29, 0.717) is 0 Å². The van der Waals surface area contributed by atoms with Crippen LogP contribution in [0.3, 0.4) is 0 Å². The Labute approximate surface area is 73.7 Å². The van der Waals surface area contributed by atoms with Gasteiger partial charge in [0.15, 0.2) is 0 Å². The van der Waals surface area contributed by atoms with Gasteiger partial charge < -0.3 is 4.40 Å². The zero-order valence-electron chi connectivity index (χ0n) is 7.91. The number of nitrogens with zero attached hydrogens (tertiary/aromatic N) is 1. The van der Waals surface area contributed by atoms with Gasteiger partial charge in [0.05, 0.1) is 0 Å². The van der Waals surface area contributed by atoms with Gasteiger partial charge in [-0.25, -0.2) is 0 Å². The lowest BCUT2D eigenvalue weighted by molar-refractivity contribution is 1.11. The van der Waals surface area contributed by atoms with Crippen LogP contribution in [-0.2, 0) is 0 Å². The fraction of sp³-hybridized carbons (Fsp3) is 0.273. The summed E-state index contributed by atoms with van der Waals surface area (Å²) in [5, 5.41) is 0. The Morgan fingerprint density at radius 2 is 1.75 bits per heavy atom. The molecule has 1 nitrogen and oxygen atoms in total. The lowest BCUT2D eigenvalue weighted by Gasteiger charge is -1.93. The summed E-state index contributed by atoms with van der Waals surface area (Å²) in [4.78, 5) is 0. The molecule has 0 aliphatic carbocycles. The predicted molar refractivity (Wildman–Crippen MR) is 53.5 cm³/mol. The SMILES string of the molecule is CC.Cc1ccc2ccccn12. The van der Waals surface area contributed by atoms with Gasteiger partial charge >= 0.3 is 0 Å². The molecule has 0 saturated heterocycles. The molecule has 0 spiro atoms. The molecule has 2 aromatic heterocycles. The van der Waals surface area contributed by atoms with Crippen molar-refractivity contribution >= 4 is 5.52 Å². The summed E-state index contributed by atoms with van der Waals surface area (Å²) in [7, 11) is 0. The van der Waals surface area contributed by atoms with E-state index in [9.17, 15) is 0 Å². The van der Waals surface area contributed by atoms with E-state index < -0.39 is 0 Å². The summed E-state index contributed by atoms with van der Waals surface area (Å²) >= 11 is 0. The molecule has 12 heavy (non-hydrogen) atoms. The molecule has 0 saturated carbocycles. The lowest BCUT2D eigenvalue weighted by Crippen LogP contribution is -1.82. The van der Waals surface area contributed by atoms with Crippen molar-refractivity contribution in [3.63, 3.8) is 0 Å². The molecule has 2 rings (SSSR count). The molecule has 0 unspecified atom stereocenters. The van der Waals surface area contributed by atoms with Crippen LogP contribution in [0.4, 0.5) is 0 Å². The Morgan fingerprint density at radius 3 is 2.42 bits per heavy atom. The lowest BCUT2D eigenvalue weighted by atomic mass is 10.4. The molecular weight excluding hydrogens is 146 g/mol. The minimum Gasteiger partial charge on any atom is -0.321 e. The molecule has 1 heteroatoms. The van der Waals surface area contributed by atoms with Gasteiger partial charge in [-0.05, 0) is 31.2 Å². The van der Waals surface area contributed by atoms with E-state index in [1.807, 2.05) is 19.9 Å². The van der Waals surface area contributed by atoms with Crippen LogP contribution < -0.4 is 0 Å². The second kappa shape index (κ2) is 3.96. The van der Waals surface area contributed by atoms with Gasteiger partial charge in [0, 0.05) is 17.4 Å². The smallest absolute Gasteiger partial charge is 0.0452 e. The van der Waals surface area contributed by atoms with E-state index in [1.54, 1.807) is 0 Å². The van der Waals surface area contributed by atoms with Crippen LogP contribution >= 0.6 is 0 Å². The minimum absolute atomic E-state index is 1.26. The summed E-state index contributed by atoms with van der Waals surface area (Å²) in [5.41, 5.74) is 2.55. The van der Waals surface area contributed by atoms with Crippen molar-refractivity contribution in [1.29, 1.82) is 0 Å². The number of fused-ring (bicyclic) bond motifs is 1. The molecule has 0 aliphatic rings. The molecular formula is C11H15N. The quantitative estimate of drug-likeness (QED) is 0.558. The minimum atomic E-state index is 1.26. The maximum absolute atomic E-state index is 2.17. The third-order valence-corrected chi connectivity index (χ3v) is 1.77. The third kappa shape index (κ3) is 1.50. The molecule has 2 heterocycles. The van der Waals surface area contributed by atoms with E-state index in [0.717, 1.165) is 0 Å². The molecule has 64 valence electrons. The largest absolute Gasteiger partial charge is 0.321 e. The summed E-state index contributed by atoms with van der Waals surface area (Å²) in [6, 6.07) is 10.4. The van der Waals surface area contributed by atoms with Gasteiger partial charge in [-0.2, -0.15) is 0 Å². The van der Waals surface area contributed by atoms with Gasteiger partial charge in [0.2, 0.25) is 0 Å². The van der Waals surface area contributed by atoms with Crippen LogP contribution in [0.2, 0.25) is 0 Å². The maximum Gasteiger partial charge on any atom is 0.0452 e. The fourth-order valence-electron chi connectivity index (χ4n) is 1.20. The van der Waals surface area contributed by atoms with Crippen LogP contribution in [0.1, 0.15) is 19.5 Å². The van der Waals surface area contributed by atoms with Crippen molar-refractivity contribution in [3.05, 3.63) is 42.2 Å². The van der Waals surface area contributed by atoms with Gasteiger partial charge in [0.25, 0.3) is 0 Å². The highest BCUT2D eigenvalue weighted by atomic mass is 14.9. The maximum atomic E-state index is 2.17. The van der Waals surface area contributed by atoms with Gasteiger partial charge in [-0.3, -0.25) is 0 Å². The molecule has 0 fully saturated rings. The van der Waals surface area contributed by atoms with Crippen LogP contribution in [0.5, 0.6) is 0 Å². The van der Waals surface area contributed by atoms with Crippen molar-refractivity contribution in [3.8, 4) is 0 Å². The van der Waals surface area contributed by atoms with E-state index in [-0.39, 0.29) is 0 Å². The van der Waals surface area contributed by atoms with Crippen LogP contribution in [0.25, 0.3) is 5.52 Å². The normalized spacial score (nSPS) is 9.25. The standard InChI is InChI=1S/C9H9N.C2H6/c1-8-5-6-9-4-2-3-7-10(8)9;1-2/h2-7H,1H3;1-2H3. The predicted octanol–water partition coefficient (Wildman–Crippen LogP) is 3.27. The van der Waals surface area contributed by atoms with E-state index in [4.69, 9.17) is 0 Å². The highest BCUT2D eigenvalue weighted by Crippen LogP contribution is 2.07. The van der Waals surface area contributed by atoms with Gasteiger partial charge in [-0.15, -0.1) is 0 Å². The molecule has 0 radical (unpaired) electrons. The van der Waals surface area contributed by atoms with Gasteiger partial charge in [-0.1, -0.05) is 19.9 Å². The van der Waals surface area contributed by atoms with E-state index >= 15 is 0 Å². The second-order valence-corrected chi connectivity index (χ2v) is 2.47. The Balaban J connectivity index is 0.000000336. The molecule has 0 aliphatic heterocycles. The number of aromatic nitrogens is 1. The first kappa shape index (κ1) is 8.85. The first-order valence-electron chi connectivity index (χ1n) is 4.40. The first-order valence-corrected chi connectivity index (χ1v) is 4.40. The number of hydrogen-bond donors (Lipinski definition) is 0. The summed E-state index contributed by atoms with van der Waals surface area (Å²) in [5.74, 6) is 0. The van der Waals surface area contributed by atoms with Crippen LogP contribution in [0.15, 0.2) is 36.5 Å². The first-order chi connectivity index (χ1) is 5.88.